The lowest BCUT2D eigenvalue weighted by atomic mass is 9.95. The highest BCUT2D eigenvalue weighted by Crippen LogP contribution is 2.44. The number of amides is 3. The third-order valence-electron chi connectivity index (χ3n) is 5.15. The SMILES string of the molecule is C=CCN1C(=O)c2ccccc2N2C(=O)CCC12C(=O)Nc1ccc(F)cc1. The zero-order valence-electron chi connectivity index (χ0n) is 15.0. The van der Waals surface area contributed by atoms with Gasteiger partial charge in [-0.3, -0.25) is 19.3 Å². The number of nitrogens with one attached hydrogen (secondary N) is 1. The lowest BCUT2D eigenvalue weighted by molar-refractivity contribution is -0.128. The summed E-state index contributed by atoms with van der Waals surface area (Å²) in [5, 5.41) is 2.73. The Bertz CT molecular complexity index is 989. The van der Waals surface area contributed by atoms with Crippen LogP contribution in [-0.2, 0) is 9.59 Å². The van der Waals surface area contributed by atoms with Gasteiger partial charge in [-0.25, -0.2) is 4.39 Å². The summed E-state index contributed by atoms with van der Waals surface area (Å²) in [6.45, 7) is 3.80. The second-order valence-electron chi connectivity index (χ2n) is 6.73. The van der Waals surface area contributed by atoms with Crippen LogP contribution in [0.25, 0.3) is 0 Å². The lowest BCUT2D eigenvalue weighted by Crippen LogP contribution is -2.69. The summed E-state index contributed by atoms with van der Waals surface area (Å²) in [5.74, 6) is -1.52. The van der Waals surface area contributed by atoms with E-state index in [9.17, 15) is 18.8 Å². The van der Waals surface area contributed by atoms with Gasteiger partial charge in [-0.15, -0.1) is 6.58 Å². The number of anilines is 2. The van der Waals surface area contributed by atoms with Gasteiger partial charge in [-0.05, 0) is 36.4 Å². The monoisotopic (exact) mass is 379 g/mol. The molecule has 0 radical (unpaired) electrons. The van der Waals surface area contributed by atoms with Crippen LogP contribution >= 0.6 is 0 Å². The summed E-state index contributed by atoms with van der Waals surface area (Å²) in [6, 6.07) is 12.1. The molecule has 2 aromatic rings. The van der Waals surface area contributed by atoms with Crippen molar-refractivity contribution >= 4 is 29.1 Å². The zero-order valence-corrected chi connectivity index (χ0v) is 15.0. The van der Waals surface area contributed by atoms with Crippen molar-refractivity contribution in [2.24, 2.45) is 0 Å². The number of hydrogen-bond acceptors (Lipinski definition) is 3. The smallest absolute Gasteiger partial charge is 0.271 e. The molecule has 2 aliphatic heterocycles. The molecule has 2 heterocycles. The van der Waals surface area contributed by atoms with Crippen molar-refractivity contribution in [2.45, 2.75) is 18.5 Å². The normalized spacial score (nSPS) is 20.6. The first kappa shape index (κ1) is 17.9. The molecule has 0 saturated carbocycles. The highest BCUT2D eigenvalue weighted by molar-refractivity contribution is 6.18. The van der Waals surface area contributed by atoms with Crippen molar-refractivity contribution < 1.29 is 18.8 Å². The summed E-state index contributed by atoms with van der Waals surface area (Å²) >= 11 is 0. The number of halogens is 1. The van der Waals surface area contributed by atoms with E-state index in [2.05, 4.69) is 11.9 Å². The van der Waals surface area contributed by atoms with Crippen LogP contribution in [0.4, 0.5) is 15.8 Å². The summed E-state index contributed by atoms with van der Waals surface area (Å²) in [6.07, 6.45) is 1.82. The van der Waals surface area contributed by atoms with Gasteiger partial charge in [0.2, 0.25) is 11.6 Å². The molecule has 1 atom stereocenters. The topological polar surface area (TPSA) is 69.7 Å². The number of nitrogens with zero attached hydrogens (tertiary/aromatic N) is 2. The van der Waals surface area contributed by atoms with Crippen LogP contribution in [-0.4, -0.2) is 34.8 Å². The van der Waals surface area contributed by atoms with Gasteiger partial charge in [0, 0.05) is 25.1 Å². The third kappa shape index (κ3) is 2.51. The first-order valence-electron chi connectivity index (χ1n) is 8.91. The number of para-hydroxylation sites is 1. The maximum atomic E-state index is 13.4. The number of hydrogen-bond donors (Lipinski definition) is 1. The van der Waals surface area contributed by atoms with Crippen LogP contribution in [0.15, 0.2) is 61.2 Å². The minimum Gasteiger partial charge on any atom is -0.322 e. The molecule has 2 aliphatic rings. The molecule has 1 unspecified atom stereocenters. The maximum absolute atomic E-state index is 13.4. The first-order valence-corrected chi connectivity index (χ1v) is 8.91. The van der Waals surface area contributed by atoms with Crippen molar-refractivity contribution in [1.29, 1.82) is 0 Å². The van der Waals surface area contributed by atoms with Crippen LogP contribution in [0, 0.1) is 5.82 Å². The Hall–Kier alpha value is -3.48. The molecule has 0 aliphatic carbocycles. The number of benzene rings is 2. The highest BCUT2D eigenvalue weighted by Gasteiger charge is 2.60. The maximum Gasteiger partial charge on any atom is 0.271 e. The minimum atomic E-state index is -1.49. The summed E-state index contributed by atoms with van der Waals surface area (Å²) in [4.78, 5) is 42.1. The van der Waals surface area contributed by atoms with E-state index in [-0.39, 0.29) is 31.2 Å². The molecule has 0 bridgehead atoms. The van der Waals surface area contributed by atoms with E-state index >= 15 is 0 Å². The van der Waals surface area contributed by atoms with Gasteiger partial charge in [0.15, 0.2) is 0 Å². The standard InChI is InChI=1S/C21H18FN3O3/c1-2-13-24-19(27)16-5-3-4-6-17(16)25-18(26)11-12-21(24,25)20(28)23-15-9-7-14(22)8-10-15/h2-10H,1,11-13H2,(H,23,28). The Balaban J connectivity index is 1.84. The number of carbonyl (C=O) groups is 3. The van der Waals surface area contributed by atoms with Crippen LogP contribution < -0.4 is 10.2 Å². The van der Waals surface area contributed by atoms with E-state index in [0.717, 1.165) is 0 Å². The predicted molar refractivity (Wildman–Crippen MR) is 102 cm³/mol. The summed E-state index contributed by atoms with van der Waals surface area (Å²) in [7, 11) is 0. The van der Waals surface area contributed by atoms with E-state index in [0.29, 0.717) is 16.9 Å². The quantitative estimate of drug-likeness (QED) is 0.831. The molecule has 0 aromatic heterocycles. The average molecular weight is 379 g/mol. The molecule has 3 amide bonds. The first-order chi connectivity index (χ1) is 13.5. The molecular weight excluding hydrogens is 361 g/mol. The van der Waals surface area contributed by atoms with E-state index in [1.54, 1.807) is 24.3 Å². The molecule has 0 spiro atoms. The molecule has 142 valence electrons. The number of fused-ring (bicyclic) bond motifs is 3. The molecule has 1 saturated heterocycles. The van der Waals surface area contributed by atoms with Gasteiger partial charge in [-0.1, -0.05) is 18.2 Å². The van der Waals surface area contributed by atoms with Gasteiger partial charge < -0.3 is 10.2 Å². The lowest BCUT2D eigenvalue weighted by Gasteiger charge is -2.48. The second-order valence-corrected chi connectivity index (χ2v) is 6.73. The van der Waals surface area contributed by atoms with E-state index in [4.69, 9.17) is 0 Å². The Morgan fingerprint density at radius 1 is 1.18 bits per heavy atom. The van der Waals surface area contributed by atoms with E-state index in [1.165, 1.54) is 40.1 Å². The molecule has 2 aromatic carbocycles. The summed E-state index contributed by atoms with van der Waals surface area (Å²) in [5.41, 5.74) is -0.329. The Kier molecular flexibility index (Phi) is 4.22. The largest absolute Gasteiger partial charge is 0.322 e. The Labute approximate surface area is 161 Å². The van der Waals surface area contributed by atoms with E-state index in [1.807, 2.05) is 0 Å². The molecular formula is C21H18FN3O3. The summed E-state index contributed by atoms with van der Waals surface area (Å²) < 4.78 is 13.2. The minimum absolute atomic E-state index is 0.105. The van der Waals surface area contributed by atoms with Crippen molar-refractivity contribution in [3.63, 3.8) is 0 Å². The predicted octanol–water partition coefficient (Wildman–Crippen LogP) is 2.93. The molecule has 4 rings (SSSR count). The van der Waals surface area contributed by atoms with Crippen molar-refractivity contribution in [2.75, 3.05) is 16.8 Å². The fourth-order valence-corrected chi connectivity index (χ4v) is 3.93. The van der Waals surface area contributed by atoms with Gasteiger partial charge >= 0.3 is 0 Å². The molecule has 6 nitrogen and oxygen atoms in total. The Morgan fingerprint density at radius 2 is 1.89 bits per heavy atom. The second kappa shape index (κ2) is 6.60. The van der Waals surface area contributed by atoms with Crippen molar-refractivity contribution in [3.8, 4) is 0 Å². The van der Waals surface area contributed by atoms with Crippen molar-refractivity contribution in [3.05, 3.63) is 72.6 Å². The Morgan fingerprint density at radius 3 is 2.61 bits per heavy atom. The number of carbonyl (C=O) groups excluding carboxylic acids is 3. The van der Waals surface area contributed by atoms with Gasteiger partial charge in [-0.2, -0.15) is 0 Å². The van der Waals surface area contributed by atoms with Gasteiger partial charge in [0.05, 0.1) is 11.3 Å². The molecule has 28 heavy (non-hydrogen) atoms. The highest BCUT2D eigenvalue weighted by atomic mass is 19.1. The average Bonchev–Trinajstić information content (AvgIpc) is 3.05. The van der Waals surface area contributed by atoms with Gasteiger partial charge in [0.25, 0.3) is 11.8 Å². The van der Waals surface area contributed by atoms with E-state index < -0.39 is 17.4 Å². The van der Waals surface area contributed by atoms with Crippen molar-refractivity contribution in [1.82, 2.24) is 4.90 Å². The van der Waals surface area contributed by atoms with Crippen LogP contribution in [0.3, 0.4) is 0 Å². The molecule has 7 heteroatoms. The molecule has 1 fully saturated rings. The zero-order chi connectivity index (χ0) is 19.9. The van der Waals surface area contributed by atoms with Crippen LogP contribution in [0.2, 0.25) is 0 Å². The number of rotatable bonds is 4. The van der Waals surface area contributed by atoms with Gasteiger partial charge in [0.1, 0.15) is 5.82 Å². The third-order valence-corrected chi connectivity index (χ3v) is 5.15. The van der Waals surface area contributed by atoms with Crippen LogP contribution in [0.1, 0.15) is 23.2 Å². The van der Waals surface area contributed by atoms with Crippen LogP contribution in [0.5, 0.6) is 0 Å². The fourth-order valence-electron chi connectivity index (χ4n) is 3.93. The fraction of sp³-hybridized carbons (Fsp3) is 0.190. The molecule has 1 N–H and O–H groups in total.